The SMILES string of the molecule is CCC1CCC(C2CCC(CCC=C(F)C#N)CC2)CC1. The molecule has 0 aromatic heterocycles. The van der Waals surface area contributed by atoms with Crippen LogP contribution < -0.4 is 0 Å². The molecule has 118 valence electrons. The molecule has 0 aromatic carbocycles. The molecule has 0 aromatic rings. The van der Waals surface area contributed by atoms with Crippen LogP contribution in [0.2, 0.25) is 0 Å². The Hall–Kier alpha value is -0.840. The maximum atomic E-state index is 12.8. The molecule has 0 N–H and O–H groups in total. The molecular weight excluding hydrogens is 261 g/mol. The van der Waals surface area contributed by atoms with Crippen LogP contribution >= 0.6 is 0 Å². The number of rotatable bonds is 5. The van der Waals surface area contributed by atoms with Gasteiger partial charge in [-0.2, -0.15) is 9.65 Å². The third-order valence-corrected chi connectivity index (χ3v) is 6.03. The average molecular weight is 291 g/mol. The molecule has 2 fully saturated rings. The highest BCUT2D eigenvalue weighted by molar-refractivity contribution is 5.11. The number of nitriles is 1. The lowest BCUT2D eigenvalue weighted by atomic mass is 9.68. The van der Waals surface area contributed by atoms with Crippen molar-refractivity contribution in [1.29, 1.82) is 5.26 Å². The number of nitrogens with zero attached hydrogens (tertiary/aromatic N) is 1. The van der Waals surface area contributed by atoms with Gasteiger partial charge in [0.05, 0.1) is 0 Å². The molecule has 0 unspecified atom stereocenters. The van der Waals surface area contributed by atoms with Gasteiger partial charge in [0.2, 0.25) is 0 Å². The van der Waals surface area contributed by atoms with Gasteiger partial charge in [-0.1, -0.05) is 39.0 Å². The molecule has 0 atom stereocenters. The zero-order valence-corrected chi connectivity index (χ0v) is 13.5. The first-order chi connectivity index (χ1) is 10.2. The van der Waals surface area contributed by atoms with E-state index in [-0.39, 0.29) is 0 Å². The third-order valence-electron chi connectivity index (χ3n) is 6.03. The van der Waals surface area contributed by atoms with Crippen LogP contribution in [-0.2, 0) is 0 Å². The topological polar surface area (TPSA) is 23.8 Å². The van der Waals surface area contributed by atoms with Crippen LogP contribution in [0, 0.1) is 35.0 Å². The predicted molar refractivity (Wildman–Crippen MR) is 85.2 cm³/mol. The van der Waals surface area contributed by atoms with Crippen LogP contribution in [0.25, 0.3) is 0 Å². The highest BCUT2D eigenvalue weighted by atomic mass is 19.1. The normalized spacial score (nSPS) is 34.4. The molecule has 0 amide bonds. The average Bonchev–Trinajstić information content (AvgIpc) is 2.55. The molecule has 21 heavy (non-hydrogen) atoms. The van der Waals surface area contributed by atoms with Crippen LogP contribution in [0.5, 0.6) is 0 Å². The summed E-state index contributed by atoms with van der Waals surface area (Å²) in [4.78, 5) is 0. The molecule has 2 aliphatic carbocycles. The monoisotopic (exact) mass is 291 g/mol. The first-order valence-corrected chi connectivity index (χ1v) is 8.98. The van der Waals surface area contributed by atoms with Crippen LogP contribution in [0.15, 0.2) is 11.9 Å². The molecule has 0 heterocycles. The summed E-state index contributed by atoms with van der Waals surface area (Å²) in [7, 11) is 0. The summed E-state index contributed by atoms with van der Waals surface area (Å²) in [6.45, 7) is 2.33. The van der Waals surface area contributed by atoms with Crippen molar-refractivity contribution in [2.75, 3.05) is 0 Å². The van der Waals surface area contributed by atoms with Crippen molar-refractivity contribution in [2.45, 2.75) is 77.6 Å². The third kappa shape index (κ3) is 5.13. The zero-order chi connectivity index (χ0) is 15.1. The molecule has 2 saturated carbocycles. The van der Waals surface area contributed by atoms with Gasteiger partial charge in [-0.25, -0.2) is 0 Å². The van der Waals surface area contributed by atoms with Gasteiger partial charge in [0, 0.05) is 0 Å². The van der Waals surface area contributed by atoms with Crippen molar-refractivity contribution in [2.24, 2.45) is 23.7 Å². The molecule has 0 saturated heterocycles. The standard InChI is InChI=1S/C19H30FN/c1-2-15-6-10-17(11-7-15)18-12-8-16(9-13-18)4-3-5-19(20)14-21/h5,15-18H,2-4,6-13H2,1H3. The smallest absolute Gasteiger partial charge is 0.195 e. The Morgan fingerprint density at radius 1 is 1.00 bits per heavy atom. The lowest BCUT2D eigenvalue weighted by Crippen LogP contribution is -2.25. The highest BCUT2D eigenvalue weighted by Gasteiger charge is 2.30. The molecule has 0 radical (unpaired) electrons. The highest BCUT2D eigenvalue weighted by Crippen LogP contribution is 2.42. The number of hydrogen-bond acceptors (Lipinski definition) is 1. The number of halogens is 1. The van der Waals surface area contributed by atoms with E-state index in [1.165, 1.54) is 63.9 Å². The molecule has 0 aliphatic heterocycles. The molecule has 0 spiro atoms. The van der Waals surface area contributed by atoms with Gasteiger partial charge in [-0.05, 0) is 68.3 Å². The van der Waals surface area contributed by atoms with E-state index < -0.39 is 5.83 Å². The number of allylic oxidation sites excluding steroid dienone is 2. The van der Waals surface area contributed by atoms with Crippen LogP contribution in [-0.4, -0.2) is 0 Å². The fourth-order valence-corrected chi connectivity index (χ4v) is 4.51. The van der Waals surface area contributed by atoms with E-state index in [1.807, 2.05) is 0 Å². The second-order valence-electron chi connectivity index (χ2n) is 7.21. The Morgan fingerprint density at radius 3 is 2.00 bits per heavy atom. The second kappa shape index (κ2) is 8.57. The predicted octanol–water partition coefficient (Wildman–Crippen LogP) is 6.17. The van der Waals surface area contributed by atoms with Crippen molar-refractivity contribution < 1.29 is 4.39 Å². The fraction of sp³-hybridized carbons (Fsp3) is 0.842. The second-order valence-corrected chi connectivity index (χ2v) is 7.21. The maximum absolute atomic E-state index is 12.8. The Bertz CT molecular complexity index is 366. The Labute approximate surface area is 129 Å². The maximum Gasteiger partial charge on any atom is 0.196 e. The van der Waals surface area contributed by atoms with Gasteiger partial charge in [-0.15, -0.1) is 0 Å². The largest absolute Gasteiger partial charge is 0.196 e. The minimum atomic E-state index is -0.614. The molecule has 1 nitrogen and oxygen atoms in total. The minimum absolute atomic E-state index is 0.614. The van der Waals surface area contributed by atoms with Crippen molar-refractivity contribution >= 4 is 0 Å². The van der Waals surface area contributed by atoms with E-state index in [0.29, 0.717) is 0 Å². The first-order valence-electron chi connectivity index (χ1n) is 8.98. The molecule has 0 bridgehead atoms. The zero-order valence-electron chi connectivity index (χ0n) is 13.5. The van der Waals surface area contributed by atoms with E-state index in [2.05, 4.69) is 6.92 Å². The van der Waals surface area contributed by atoms with Gasteiger partial charge < -0.3 is 0 Å². The van der Waals surface area contributed by atoms with Gasteiger partial charge in [0.15, 0.2) is 5.83 Å². The van der Waals surface area contributed by atoms with Gasteiger partial charge in [-0.3, -0.25) is 0 Å². The summed E-state index contributed by atoms with van der Waals surface area (Å²) in [5.41, 5.74) is 0. The summed E-state index contributed by atoms with van der Waals surface area (Å²) in [5.74, 6) is 3.10. The molecule has 2 rings (SSSR count). The van der Waals surface area contributed by atoms with Crippen molar-refractivity contribution in [1.82, 2.24) is 0 Å². The lowest BCUT2D eigenvalue weighted by Gasteiger charge is -2.37. The summed E-state index contributed by atoms with van der Waals surface area (Å²) in [6.07, 6.45) is 15.9. The fourth-order valence-electron chi connectivity index (χ4n) is 4.51. The summed E-state index contributed by atoms with van der Waals surface area (Å²) in [6, 6.07) is 1.56. The van der Waals surface area contributed by atoms with E-state index >= 15 is 0 Å². The van der Waals surface area contributed by atoms with Gasteiger partial charge in [0.25, 0.3) is 0 Å². The first kappa shape index (κ1) is 16.5. The van der Waals surface area contributed by atoms with Crippen LogP contribution in [0.4, 0.5) is 4.39 Å². The summed E-state index contributed by atoms with van der Waals surface area (Å²) >= 11 is 0. The van der Waals surface area contributed by atoms with E-state index in [1.54, 1.807) is 6.07 Å². The quantitative estimate of drug-likeness (QED) is 0.556. The van der Waals surface area contributed by atoms with Crippen molar-refractivity contribution in [3.63, 3.8) is 0 Å². The van der Waals surface area contributed by atoms with E-state index in [0.717, 1.165) is 36.5 Å². The Morgan fingerprint density at radius 2 is 1.52 bits per heavy atom. The van der Waals surface area contributed by atoms with Crippen molar-refractivity contribution in [3.05, 3.63) is 11.9 Å². The van der Waals surface area contributed by atoms with Crippen molar-refractivity contribution in [3.8, 4) is 6.07 Å². The number of hydrogen-bond donors (Lipinski definition) is 0. The Kier molecular flexibility index (Phi) is 6.74. The Balaban J connectivity index is 1.66. The molecule has 2 aliphatic rings. The van der Waals surface area contributed by atoms with Gasteiger partial charge >= 0.3 is 0 Å². The van der Waals surface area contributed by atoms with Gasteiger partial charge in [0.1, 0.15) is 6.07 Å². The van der Waals surface area contributed by atoms with Crippen LogP contribution in [0.3, 0.4) is 0 Å². The van der Waals surface area contributed by atoms with E-state index in [4.69, 9.17) is 5.26 Å². The molecule has 2 heteroatoms. The summed E-state index contributed by atoms with van der Waals surface area (Å²) < 4.78 is 12.8. The van der Waals surface area contributed by atoms with E-state index in [9.17, 15) is 4.39 Å². The lowest BCUT2D eigenvalue weighted by molar-refractivity contribution is 0.143. The summed E-state index contributed by atoms with van der Waals surface area (Å²) in [5, 5.41) is 8.39. The minimum Gasteiger partial charge on any atom is -0.195 e. The molecular formula is C19H30FN. The van der Waals surface area contributed by atoms with Crippen LogP contribution in [0.1, 0.15) is 77.6 Å².